The molecular formula is C42H75N2O14. The minimum atomic E-state index is -1.33. The second-order valence-electron chi connectivity index (χ2n) is 14.2. The Morgan fingerprint density at radius 1 is 0.534 bits per heavy atom. The van der Waals surface area contributed by atoms with Gasteiger partial charge in [-0.2, -0.15) is 0 Å². The fraction of sp³-hybridized carbons (Fsp3) is 0.881. The maximum Gasteiger partial charge on any atom is 0.326 e. The van der Waals surface area contributed by atoms with E-state index in [4.69, 9.17) is 37.9 Å². The highest BCUT2D eigenvalue weighted by Crippen LogP contribution is 2.17. The first-order valence-corrected chi connectivity index (χ1v) is 21.7. The number of aliphatic carboxylic acids is 1. The molecule has 0 aliphatic carbocycles. The molecule has 2 amide bonds. The van der Waals surface area contributed by atoms with E-state index in [1.54, 1.807) is 6.29 Å². The summed E-state index contributed by atoms with van der Waals surface area (Å²) in [5.41, 5.74) is 0. The number of Topliss-reactive ketones (excluding diaryl/α,β-unsaturated/α-hetero) is 1. The summed E-state index contributed by atoms with van der Waals surface area (Å²) in [6.07, 6.45) is 17.0. The average Bonchev–Trinajstić information content (AvgIpc) is 3.21. The predicted molar refractivity (Wildman–Crippen MR) is 216 cm³/mol. The van der Waals surface area contributed by atoms with Crippen LogP contribution in [0.25, 0.3) is 0 Å². The van der Waals surface area contributed by atoms with Crippen molar-refractivity contribution >= 4 is 29.9 Å². The van der Waals surface area contributed by atoms with Crippen LogP contribution in [0.1, 0.15) is 116 Å². The van der Waals surface area contributed by atoms with Crippen molar-refractivity contribution in [3.63, 3.8) is 0 Å². The molecule has 1 heterocycles. The number of hydrogen-bond donors (Lipinski definition) is 3. The summed E-state index contributed by atoms with van der Waals surface area (Å²) in [4.78, 5) is 61.2. The van der Waals surface area contributed by atoms with Gasteiger partial charge in [-0.1, -0.05) is 77.0 Å². The number of carbonyl (C=O) groups is 4. The highest BCUT2D eigenvalue weighted by molar-refractivity contribution is 6.02. The third kappa shape index (κ3) is 34.3. The predicted octanol–water partition coefficient (Wildman–Crippen LogP) is 4.14. The molecule has 1 rings (SSSR count). The number of ketones is 1. The Kier molecular flexibility index (Phi) is 37.9. The fourth-order valence-corrected chi connectivity index (χ4v) is 6.11. The van der Waals surface area contributed by atoms with Crippen LogP contribution in [-0.2, 0) is 61.9 Å². The van der Waals surface area contributed by atoms with Crippen molar-refractivity contribution in [1.82, 2.24) is 10.6 Å². The Bertz CT molecular complexity index is 1020. The Balaban J connectivity index is 2.17. The Morgan fingerprint density at radius 3 is 1.26 bits per heavy atom. The van der Waals surface area contributed by atoms with Crippen LogP contribution >= 0.6 is 0 Å². The monoisotopic (exact) mass is 832 g/mol. The van der Waals surface area contributed by atoms with E-state index in [0.29, 0.717) is 112 Å². The largest absolute Gasteiger partial charge is 0.480 e. The SMILES string of the molecule is O=[C]CCOCCOCCOCCOCCOCCOCCOCCOCCNC(=O)C1C[C@@H](C(=O)O)NC(=O)CCCCCCCCCCCCCCCCC1=O. The van der Waals surface area contributed by atoms with Gasteiger partial charge in [0, 0.05) is 25.8 Å². The lowest BCUT2D eigenvalue weighted by Gasteiger charge is -2.21. The molecule has 0 aromatic carbocycles. The van der Waals surface area contributed by atoms with Gasteiger partial charge in [-0.3, -0.25) is 19.2 Å². The number of carboxylic acids is 1. The number of amides is 2. The standard InChI is InChI=1S/C42H75N2O14/c45-19-15-20-51-22-24-53-26-28-55-30-32-57-34-35-58-33-31-56-29-27-54-25-23-52-21-18-43-41(48)37-36-38(42(49)50)44-40(47)17-14-12-10-8-6-4-2-1-3-5-7-9-11-13-16-39(37)46/h37-38H,1-18,20-36H2,(H,43,48)(H,44,47)(H,49,50)/t37?,38-/m0/s1. The Morgan fingerprint density at radius 2 is 0.879 bits per heavy atom. The summed E-state index contributed by atoms with van der Waals surface area (Å²) in [7, 11) is 0. The van der Waals surface area contributed by atoms with Crippen LogP contribution in [0.3, 0.4) is 0 Å². The molecule has 1 saturated heterocycles. The molecule has 58 heavy (non-hydrogen) atoms. The molecule has 3 N–H and O–H groups in total. The molecule has 0 aromatic rings. The lowest BCUT2D eigenvalue weighted by Crippen LogP contribution is -2.46. The molecule has 16 nitrogen and oxygen atoms in total. The van der Waals surface area contributed by atoms with Gasteiger partial charge in [0.2, 0.25) is 18.1 Å². The van der Waals surface area contributed by atoms with Crippen molar-refractivity contribution in [3.05, 3.63) is 0 Å². The Hall–Kier alpha value is -2.57. The molecule has 0 spiro atoms. The third-order valence-corrected chi connectivity index (χ3v) is 9.39. The maximum atomic E-state index is 13.3. The molecule has 1 aliphatic heterocycles. The van der Waals surface area contributed by atoms with E-state index >= 15 is 0 Å². The van der Waals surface area contributed by atoms with E-state index in [9.17, 15) is 29.1 Å². The first-order valence-electron chi connectivity index (χ1n) is 21.7. The first-order chi connectivity index (χ1) is 28.5. The van der Waals surface area contributed by atoms with E-state index in [1.165, 1.54) is 38.5 Å². The number of nitrogens with one attached hydrogen (secondary N) is 2. The molecular weight excluding hydrogens is 756 g/mol. The smallest absolute Gasteiger partial charge is 0.326 e. The average molecular weight is 832 g/mol. The zero-order chi connectivity index (χ0) is 42.0. The lowest BCUT2D eigenvalue weighted by molar-refractivity contribution is -0.143. The van der Waals surface area contributed by atoms with E-state index in [2.05, 4.69) is 10.6 Å². The first kappa shape index (κ1) is 53.4. The molecule has 1 aliphatic rings. The highest BCUT2D eigenvalue weighted by atomic mass is 16.6. The quantitative estimate of drug-likeness (QED) is 0.0717. The molecule has 0 saturated carbocycles. The molecule has 1 radical (unpaired) electrons. The van der Waals surface area contributed by atoms with Gasteiger partial charge in [-0.15, -0.1) is 0 Å². The minimum Gasteiger partial charge on any atom is -0.480 e. The number of carboxylic acid groups (broad SMARTS) is 1. The van der Waals surface area contributed by atoms with Crippen LogP contribution in [0.4, 0.5) is 0 Å². The van der Waals surface area contributed by atoms with Crippen LogP contribution in [0.2, 0.25) is 0 Å². The van der Waals surface area contributed by atoms with Crippen LogP contribution in [0, 0.1) is 5.92 Å². The molecule has 1 unspecified atom stereocenters. The van der Waals surface area contributed by atoms with Crippen molar-refractivity contribution < 1.29 is 67.0 Å². The summed E-state index contributed by atoms with van der Waals surface area (Å²) in [6.45, 7) is 6.58. The molecule has 16 heteroatoms. The van der Waals surface area contributed by atoms with Crippen molar-refractivity contribution in [2.24, 2.45) is 5.92 Å². The van der Waals surface area contributed by atoms with Crippen LogP contribution in [0.15, 0.2) is 0 Å². The van der Waals surface area contributed by atoms with Crippen LogP contribution < -0.4 is 10.6 Å². The van der Waals surface area contributed by atoms with E-state index in [1.807, 2.05) is 0 Å². The molecule has 337 valence electrons. The summed E-state index contributed by atoms with van der Waals surface area (Å²) in [5, 5.41) is 15.1. The molecule has 2 atom stereocenters. The van der Waals surface area contributed by atoms with Gasteiger partial charge >= 0.3 is 5.97 Å². The summed E-state index contributed by atoms with van der Waals surface area (Å²) in [5.74, 6) is -3.67. The topological polar surface area (TPSA) is 203 Å². The number of hydrogen-bond acceptors (Lipinski definition) is 13. The van der Waals surface area contributed by atoms with Gasteiger partial charge in [0.1, 0.15) is 11.8 Å². The van der Waals surface area contributed by atoms with Gasteiger partial charge < -0.3 is 53.6 Å². The summed E-state index contributed by atoms with van der Waals surface area (Å²) >= 11 is 0. The summed E-state index contributed by atoms with van der Waals surface area (Å²) < 4.78 is 43.4. The summed E-state index contributed by atoms with van der Waals surface area (Å²) in [6, 6.07) is -1.33. The molecule has 1 fully saturated rings. The van der Waals surface area contributed by atoms with Crippen molar-refractivity contribution in [1.29, 1.82) is 0 Å². The van der Waals surface area contributed by atoms with Crippen LogP contribution in [-0.4, -0.2) is 153 Å². The van der Waals surface area contributed by atoms with E-state index in [0.717, 1.165) is 38.5 Å². The zero-order valence-corrected chi connectivity index (χ0v) is 35.2. The highest BCUT2D eigenvalue weighted by Gasteiger charge is 2.32. The zero-order valence-electron chi connectivity index (χ0n) is 35.2. The van der Waals surface area contributed by atoms with Crippen LogP contribution in [0.5, 0.6) is 0 Å². The van der Waals surface area contributed by atoms with Gasteiger partial charge in [0.05, 0.1) is 112 Å². The van der Waals surface area contributed by atoms with Gasteiger partial charge in [-0.05, 0) is 19.3 Å². The minimum absolute atomic E-state index is 0.145. The number of ether oxygens (including phenoxy) is 8. The van der Waals surface area contributed by atoms with Crippen molar-refractivity contribution in [2.45, 2.75) is 122 Å². The lowest BCUT2D eigenvalue weighted by atomic mass is 9.91. The Labute approximate surface area is 346 Å². The second-order valence-corrected chi connectivity index (χ2v) is 14.2. The molecule has 0 bridgehead atoms. The van der Waals surface area contributed by atoms with Gasteiger partial charge in [0.15, 0.2) is 0 Å². The van der Waals surface area contributed by atoms with Crippen molar-refractivity contribution in [3.8, 4) is 0 Å². The third-order valence-electron chi connectivity index (χ3n) is 9.39. The normalized spacial score (nSPS) is 18.8. The van der Waals surface area contributed by atoms with Gasteiger partial charge in [-0.25, -0.2) is 4.79 Å². The fourth-order valence-electron chi connectivity index (χ4n) is 6.11. The maximum absolute atomic E-state index is 13.3. The van der Waals surface area contributed by atoms with E-state index < -0.39 is 23.8 Å². The number of rotatable bonds is 29. The van der Waals surface area contributed by atoms with Crippen molar-refractivity contribution in [2.75, 3.05) is 112 Å². The number of carbonyl (C=O) groups excluding carboxylic acids is 4. The van der Waals surface area contributed by atoms with E-state index in [-0.39, 0.29) is 50.5 Å². The van der Waals surface area contributed by atoms with Gasteiger partial charge in [0.25, 0.3) is 0 Å². The molecule has 0 aromatic heterocycles. The second kappa shape index (κ2) is 41.2.